The Labute approximate surface area is 170 Å². The van der Waals surface area contributed by atoms with Crippen LogP contribution in [0.2, 0.25) is 0 Å². The average molecular weight is 391 g/mol. The van der Waals surface area contributed by atoms with Gasteiger partial charge in [-0.05, 0) is 62.6 Å². The molecule has 0 bridgehead atoms. The Morgan fingerprint density at radius 3 is 1.71 bits per heavy atom. The summed E-state index contributed by atoms with van der Waals surface area (Å²) in [5, 5.41) is 21.0. The van der Waals surface area contributed by atoms with E-state index in [1.54, 1.807) is 26.0 Å². The number of aliphatic hydroxyl groups is 2. The van der Waals surface area contributed by atoms with Crippen molar-refractivity contribution in [1.82, 2.24) is 0 Å². The topological polar surface area (TPSA) is 58.9 Å². The standard InChI is InChI=1S/C24H38O4/c1-8-10-14-23(6,25)17-27-20-13-12-19(22(3,4)5)16-21(20)28-18-24(7,26)15-11-9-2/h8-9,12-13,16,25-26H,1-2,10-11,14-15,17-18H2,3-7H3. The first kappa shape index (κ1) is 24.3. The van der Waals surface area contributed by atoms with Crippen LogP contribution in [0.15, 0.2) is 43.5 Å². The predicted octanol–water partition coefficient (Wildman–Crippen LogP) is 5.18. The molecule has 2 atom stereocenters. The van der Waals surface area contributed by atoms with Gasteiger partial charge in [-0.15, -0.1) is 13.2 Å². The molecule has 28 heavy (non-hydrogen) atoms. The van der Waals surface area contributed by atoms with Gasteiger partial charge in [-0.3, -0.25) is 0 Å². The third-order valence-electron chi connectivity index (χ3n) is 4.66. The summed E-state index contributed by atoms with van der Waals surface area (Å²) in [6.45, 7) is 17.6. The lowest BCUT2D eigenvalue weighted by molar-refractivity contribution is -0.00365. The minimum Gasteiger partial charge on any atom is -0.487 e. The highest BCUT2D eigenvalue weighted by molar-refractivity contribution is 5.45. The zero-order valence-electron chi connectivity index (χ0n) is 18.3. The third-order valence-corrected chi connectivity index (χ3v) is 4.66. The molecule has 0 saturated heterocycles. The molecule has 1 aromatic rings. The van der Waals surface area contributed by atoms with Crippen LogP contribution in [0, 0.1) is 0 Å². The minimum atomic E-state index is -0.960. The number of ether oxygens (including phenoxy) is 2. The Morgan fingerprint density at radius 1 is 0.821 bits per heavy atom. The van der Waals surface area contributed by atoms with Gasteiger partial charge in [0.2, 0.25) is 0 Å². The summed E-state index contributed by atoms with van der Waals surface area (Å²) in [4.78, 5) is 0. The van der Waals surface area contributed by atoms with E-state index in [2.05, 4.69) is 33.9 Å². The van der Waals surface area contributed by atoms with Crippen molar-refractivity contribution in [3.05, 3.63) is 49.1 Å². The van der Waals surface area contributed by atoms with E-state index in [1.165, 1.54) is 0 Å². The van der Waals surface area contributed by atoms with Crippen molar-refractivity contribution < 1.29 is 19.7 Å². The van der Waals surface area contributed by atoms with Gasteiger partial charge in [-0.25, -0.2) is 0 Å². The second-order valence-electron chi connectivity index (χ2n) is 9.14. The second kappa shape index (κ2) is 10.1. The van der Waals surface area contributed by atoms with Gasteiger partial charge in [-0.2, -0.15) is 0 Å². The molecule has 2 N–H and O–H groups in total. The summed E-state index contributed by atoms with van der Waals surface area (Å²) in [5.41, 5.74) is -0.848. The van der Waals surface area contributed by atoms with Crippen molar-refractivity contribution in [2.24, 2.45) is 0 Å². The third kappa shape index (κ3) is 8.49. The Kier molecular flexibility index (Phi) is 8.77. The first-order valence-electron chi connectivity index (χ1n) is 9.97. The molecular weight excluding hydrogens is 352 g/mol. The lowest BCUT2D eigenvalue weighted by atomic mass is 9.87. The molecule has 158 valence electrons. The van der Waals surface area contributed by atoms with Crippen molar-refractivity contribution in [3.63, 3.8) is 0 Å². The van der Waals surface area contributed by atoms with Crippen LogP contribution >= 0.6 is 0 Å². The van der Waals surface area contributed by atoms with Crippen molar-refractivity contribution in [2.75, 3.05) is 13.2 Å². The molecular formula is C24H38O4. The van der Waals surface area contributed by atoms with E-state index < -0.39 is 11.2 Å². The normalized spacial score (nSPS) is 16.0. The Bertz CT molecular complexity index is 638. The van der Waals surface area contributed by atoms with Gasteiger partial charge in [0.25, 0.3) is 0 Å². The molecule has 0 aromatic heterocycles. The molecule has 0 heterocycles. The summed E-state index contributed by atoms with van der Waals surface area (Å²) < 4.78 is 11.9. The fraction of sp³-hybridized carbons (Fsp3) is 0.583. The molecule has 0 amide bonds. The Hall–Kier alpha value is -1.78. The van der Waals surface area contributed by atoms with Gasteiger partial charge in [0.05, 0.1) is 11.2 Å². The molecule has 0 aliphatic carbocycles. The number of rotatable bonds is 12. The SMILES string of the molecule is C=CCCC(C)(O)COc1ccc(C(C)(C)C)cc1OCC(C)(O)CCC=C. The average Bonchev–Trinajstić information content (AvgIpc) is 2.61. The van der Waals surface area contributed by atoms with E-state index in [4.69, 9.17) is 9.47 Å². The molecule has 0 radical (unpaired) electrons. The van der Waals surface area contributed by atoms with Crippen LogP contribution < -0.4 is 9.47 Å². The lowest BCUT2D eigenvalue weighted by Crippen LogP contribution is -2.33. The zero-order chi connectivity index (χ0) is 21.4. The highest BCUT2D eigenvalue weighted by Gasteiger charge is 2.25. The van der Waals surface area contributed by atoms with Gasteiger partial charge in [0.15, 0.2) is 11.5 Å². The molecule has 4 heteroatoms. The molecule has 0 spiro atoms. The largest absolute Gasteiger partial charge is 0.487 e. The molecule has 0 saturated carbocycles. The van der Waals surface area contributed by atoms with E-state index in [0.717, 1.165) is 12.0 Å². The van der Waals surface area contributed by atoms with Crippen LogP contribution in [0.5, 0.6) is 11.5 Å². The van der Waals surface area contributed by atoms with Gasteiger partial charge in [0, 0.05) is 0 Å². The number of benzene rings is 1. The van der Waals surface area contributed by atoms with Crippen molar-refractivity contribution >= 4 is 0 Å². The molecule has 4 nitrogen and oxygen atoms in total. The van der Waals surface area contributed by atoms with Crippen LogP contribution in [-0.2, 0) is 5.41 Å². The van der Waals surface area contributed by atoms with E-state index in [9.17, 15) is 10.2 Å². The van der Waals surface area contributed by atoms with Gasteiger partial charge in [0.1, 0.15) is 13.2 Å². The van der Waals surface area contributed by atoms with E-state index in [-0.39, 0.29) is 18.6 Å². The van der Waals surface area contributed by atoms with Crippen LogP contribution in [0.25, 0.3) is 0 Å². The van der Waals surface area contributed by atoms with Crippen LogP contribution in [0.3, 0.4) is 0 Å². The van der Waals surface area contributed by atoms with Gasteiger partial charge < -0.3 is 19.7 Å². The summed E-state index contributed by atoms with van der Waals surface area (Å²) >= 11 is 0. The van der Waals surface area contributed by atoms with E-state index in [1.807, 2.05) is 18.2 Å². The lowest BCUT2D eigenvalue weighted by Gasteiger charge is -2.27. The van der Waals surface area contributed by atoms with Crippen molar-refractivity contribution in [1.29, 1.82) is 0 Å². The summed E-state index contributed by atoms with van der Waals surface area (Å²) in [6, 6.07) is 5.84. The number of hydrogen-bond acceptors (Lipinski definition) is 4. The fourth-order valence-electron chi connectivity index (χ4n) is 2.64. The maximum absolute atomic E-state index is 10.5. The molecule has 1 rings (SSSR count). The summed E-state index contributed by atoms with van der Waals surface area (Å²) in [6.07, 6.45) is 6.15. The summed E-state index contributed by atoms with van der Waals surface area (Å²) in [7, 11) is 0. The van der Waals surface area contributed by atoms with Gasteiger partial charge in [-0.1, -0.05) is 39.0 Å². The van der Waals surface area contributed by atoms with Gasteiger partial charge >= 0.3 is 0 Å². The second-order valence-corrected chi connectivity index (χ2v) is 9.14. The molecule has 0 fully saturated rings. The monoisotopic (exact) mass is 390 g/mol. The van der Waals surface area contributed by atoms with Crippen LogP contribution in [0.1, 0.15) is 65.9 Å². The van der Waals surface area contributed by atoms with Crippen LogP contribution in [-0.4, -0.2) is 34.6 Å². The Morgan fingerprint density at radius 2 is 1.29 bits per heavy atom. The zero-order valence-corrected chi connectivity index (χ0v) is 18.3. The fourth-order valence-corrected chi connectivity index (χ4v) is 2.64. The highest BCUT2D eigenvalue weighted by Crippen LogP contribution is 2.34. The minimum absolute atomic E-state index is 0.0442. The number of allylic oxidation sites excluding steroid dienone is 2. The molecule has 1 aromatic carbocycles. The van der Waals surface area contributed by atoms with Crippen molar-refractivity contribution in [2.45, 2.75) is 76.9 Å². The maximum atomic E-state index is 10.5. The smallest absolute Gasteiger partial charge is 0.161 e. The van der Waals surface area contributed by atoms with Crippen LogP contribution in [0.4, 0.5) is 0 Å². The maximum Gasteiger partial charge on any atom is 0.161 e. The molecule has 0 aliphatic heterocycles. The summed E-state index contributed by atoms with van der Waals surface area (Å²) in [5.74, 6) is 1.14. The first-order chi connectivity index (χ1) is 12.9. The molecule has 0 aliphatic rings. The first-order valence-corrected chi connectivity index (χ1v) is 9.97. The van der Waals surface area contributed by atoms with Crippen molar-refractivity contribution in [3.8, 4) is 11.5 Å². The predicted molar refractivity (Wildman–Crippen MR) is 116 cm³/mol. The highest BCUT2D eigenvalue weighted by atomic mass is 16.5. The quantitative estimate of drug-likeness (QED) is 0.483. The van der Waals surface area contributed by atoms with E-state index >= 15 is 0 Å². The molecule has 2 unspecified atom stereocenters. The Balaban J connectivity index is 2.99. The number of hydrogen-bond donors (Lipinski definition) is 2. The van der Waals surface area contributed by atoms with E-state index in [0.29, 0.717) is 30.8 Å².